The Bertz CT molecular complexity index is 325. The molecule has 0 amide bonds. The van der Waals surface area contributed by atoms with Crippen LogP contribution in [0.4, 0.5) is 0 Å². The van der Waals surface area contributed by atoms with Gasteiger partial charge in [0.05, 0.1) is 5.56 Å². The summed E-state index contributed by atoms with van der Waals surface area (Å²) in [7, 11) is 0. The van der Waals surface area contributed by atoms with Gasteiger partial charge in [0, 0.05) is 9.37 Å². The third kappa shape index (κ3) is 2.74. The Morgan fingerprint density at radius 2 is 2.31 bits per heavy atom. The smallest absolute Gasteiger partial charge is 0.335 e. The zero-order valence-corrected chi connectivity index (χ0v) is 9.48. The molecule has 0 atom stereocenters. The second kappa shape index (κ2) is 4.67. The third-order valence-corrected chi connectivity index (χ3v) is 3.37. The van der Waals surface area contributed by atoms with E-state index < -0.39 is 5.97 Å². The van der Waals surface area contributed by atoms with Crippen LogP contribution in [0.3, 0.4) is 0 Å². The molecule has 1 N–H and O–H groups in total. The number of rotatable bonds is 3. The topological polar surface area (TPSA) is 37.3 Å². The second-order valence-electron chi connectivity index (χ2n) is 2.38. The molecule has 0 saturated heterocycles. The van der Waals surface area contributed by atoms with Gasteiger partial charge in [-0.2, -0.15) is 0 Å². The van der Waals surface area contributed by atoms with Gasteiger partial charge >= 0.3 is 5.97 Å². The maximum Gasteiger partial charge on any atom is 0.335 e. The van der Waals surface area contributed by atoms with E-state index in [0.29, 0.717) is 5.56 Å². The van der Waals surface area contributed by atoms with Gasteiger partial charge < -0.3 is 5.11 Å². The molecule has 13 heavy (non-hydrogen) atoms. The van der Waals surface area contributed by atoms with Gasteiger partial charge in [-0.3, -0.25) is 0 Å². The van der Waals surface area contributed by atoms with E-state index in [9.17, 15) is 4.79 Å². The molecule has 2 nitrogen and oxygen atoms in total. The number of aromatic carboxylic acids is 1. The van der Waals surface area contributed by atoms with Gasteiger partial charge in [-0.05, 0) is 39.9 Å². The minimum Gasteiger partial charge on any atom is -0.478 e. The van der Waals surface area contributed by atoms with Crippen molar-refractivity contribution in [3.05, 3.63) is 28.2 Å². The molecule has 1 rings (SSSR count). The molecule has 0 radical (unpaired) electrons. The van der Waals surface area contributed by atoms with Crippen molar-refractivity contribution in [2.24, 2.45) is 0 Å². The molecule has 0 unspecified atom stereocenters. The zero-order chi connectivity index (χ0) is 9.84. The van der Waals surface area contributed by atoms with Crippen LogP contribution in [0.25, 0.3) is 0 Å². The second-order valence-corrected chi connectivity index (χ2v) is 4.54. The Hall–Kier alpha value is -0.480. The van der Waals surface area contributed by atoms with Gasteiger partial charge in [0.25, 0.3) is 0 Å². The molecule has 0 aliphatic rings. The summed E-state index contributed by atoms with van der Waals surface area (Å²) in [6.45, 7) is 2.03. The van der Waals surface area contributed by atoms with Crippen molar-refractivity contribution in [3.63, 3.8) is 0 Å². The lowest BCUT2D eigenvalue weighted by molar-refractivity contribution is 0.0696. The summed E-state index contributed by atoms with van der Waals surface area (Å²) in [5, 5.41) is 8.74. The first-order valence-corrected chi connectivity index (χ1v) is 5.58. The fourth-order valence-electron chi connectivity index (χ4n) is 0.903. The summed E-state index contributed by atoms with van der Waals surface area (Å²) in [5.41, 5.74) is 0.333. The van der Waals surface area contributed by atoms with E-state index in [0.717, 1.165) is 15.1 Å². The van der Waals surface area contributed by atoms with Crippen LogP contribution in [0.2, 0.25) is 0 Å². The number of hydrogen-bond donors (Lipinski definition) is 1. The van der Waals surface area contributed by atoms with Gasteiger partial charge in [0.1, 0.15) is 0 Å². The Labute approximate surface area is 89.5 Å². The number of carbonyl (C=O) groups is 1. The lowest BCUT2D eigenvalue weighted by Gasteiger charge is -2.03. The van der Waals surface area contributed by atoms with E-state index in [-0.39, 0.29) is 0 Å². The predicted octanol–water partition coefficient (Wildman–Crippen LogP) is 3.26. The highest BCUT2D eigenvalue weighted by Gasteiger charge is 2.06. The number of carboxylic acids is 1. The Morgan fingerprint density at radius 1 is 1.62 bits per heavy atom. The predicted molar refractivity (Wildman–Crippen MR) is 57.5 cm³/mol. The summed E-state index contributed by atoms with van der Waals surface area (Å²) in [4.78, 5) is 11.6. The fraction of sp³-hybridized carbons (Fsp3) is 0.222. The molecular weight excluding hydrogens is 252 g/mol. The number of benzene rings is 1. The number of hydrogen-bond acceptors (Lipinski definition) is 2. The van der Waals surface area contributed by atoms with Crippen LogP contribution in [0.5, 0.6) is 0 Å². The van der Waals surface area contributed by atoms with Crippen LogP contribution >= 0.6 is 27.7 Å². The number of thioether (sulfide) groups is 1. The van der Waals surface area contributed by atoms with E-state index in [2.05, 4.69) is 15.9 Å². The highest BCUT2D eigenvalue weighted by Crippen LogP contribution is 2.28. The van der Waals surface area contributed by atoms with Crippen molar-refractivity contribution < 1.29 is 9.90 Å². The Balaban J connectivity index is 3.03. The third-order valence-electron chi connectivity index (χ3n) is 1.48. The van der Waals surface area contributed by atoms with E-state index in [1.165, 1.54) is 0 Å². The summed E-state index contributed by atoms with van der Waals surface area (Å²) in [5.74, 6) is 0.0484. The van der Waals surface area contributed by atoms with Crippen molar-refractivity contribution in [3.8, 4) is 0 Å². The van der Waals surface area contributed by atoms with Crippen LogP contribution in [-0.2, 0) is 0 Å². The van der Waals surface area contributed by atoms with Crippen LogP contribution in [0, 0.1) is 0 Å². The molecule has 0 aliphatic heterocycles. The molecule has 0 aromatic heterocycles. The average Bonchev–Trinajstić information content (AvgIpc) is 2.08. The van der Waals surface area contributed by atoms with Gasteiger partial charge in [0.15, 0.2) is 0 Å². The van der Waals surface area contributed by atoms with Crippen molar-refractivity contribution in [2.45, 2.75) is 11.8 Å². The minimum absolute atomic E-state index is 0.333. The summed E-state index contributed by atoms with van der Waals surface area (Å²) in [6.07, 6.45) is 0. The number of carboxylic acid groups (broad SMARTS) is 1. The average molecular weight is 261 g/mol. The molecule has 70 valence electrons. The molecule has 0 heterocycles. The molecule has 0 aliphatic carbocycles. The maximum absolute atomic E-state index is 10.6. The zero-order valence-electron chi connectivity index (χ0n) is 7.08. The largest absolute Gasteiger partial charge is 0.478 e. The van der Waals surface area contributed by atoms with Gasteiger partial charge in [0.2, 0.25) is 0 Å². The Morgan fingerprint density at radius 3 is 2.85 bits per heavy atom. The van der Waals surface area contributed by atoms with Crippen molar-refractivity contribution in [2.75, 3.05) is 5.75 Å². The molecule has 0 fully saturated rings. The first kappa shape index (κ1) is 10.6. The van der Waals surface area contributed by atoms with Gasteiger partial charge in [-0.15, -0.1) is 11.8 Å². The molecule has 1 aromatic rings. The molecular formula is C9H9BrO2S. The highest BCUT2D eigenvalue weighted by molar-refractivity contribution is 9.10. The SMILES string of the molecule is CCSc1cc(C(=O)O)ccc1Br. The van der Waals surface area contributed by atoms with Crippen molar-refractivity contribution in [1.82, 2.24) is 0 Å². The standard InChI is InChI=1S/C9H9BrO2S/c1-2-13-8-5-6(9(11)12)3-4-7(8)10/h3-5H,2H2,1H3,(H,11,12). The first-order chi connectivity index (χ1) is 6.15. The summed E-state index contributed by atoms with van der Waals surface area (Å²) < 4.78 is 0.948. The van der Waals surface area contributed by atoms with E-state index in [1.54, 1.807) is 30.0 Å². The molecule has 1 aromatic carbocycles. The fourth-order valence-corrected chi connectivity index (χ4v) is 2.22. The minimum atomic E-state index is -0.884. The van der Waals surface area contributed by atoms with Gasteiger partial charge in [-0.25, -0.2) is 4.79 Å². The molecule has 4 heteroatoms. The normalized spacial score (nSPS) is 10.0. The van der Waals surface area contributed by atoms with E-state index >= 15 is 0 Å². The van der Waals surface area contributed by atoms with E-state index in [4.69, 9.17) is 5.11 Å². The molecule has 0 bridgehead atoms. The van der Waals surface area contributed by atoms with Crippen LogP contribution < -0.4 is 0 Å². The lowest BCUT2D eigenvalue weighted by atomic mass is 10.2. The first-order valence-electron chi connectivity index (χ1n) is 3.80. The van der Waals surface area contributed by atoms with Crippen LogP contribution in [-0.4, -0.2) is 16.8 Å². The van der Waals surface area contributed by atoms with Crippen LogP contribution in [0.15, 0.2) is 27.6 Å². The van der Waals surface area contributed by atoms with Gasteiger partial charge in [-0.1, -0.05) is 6.92 Å². The highest BCUT2D eigenvalue weighted by atomic mass is 79.9. The summed E-state index contributed by atoms with van der Waals surface area (Å²) in [6, 6.07) is 5.04. The van der Waals surface area contributed by atoms with E-state index in [1.807, 2.05) is 6.92 Å². The summed E-state index contributed by atoms with van der Waals surface area (Å²) >= 11 is 4.99. The van der Waals surface area contributed by atoms with Crippen molar-refractivity contribution >= 4 is 33.7 Å². The maximum atomic E-state index is 10.6. The quantitative estimate of drug-likeness (QED) is 0.848. The monoisotopic (exact) mass is 260 g/mol. The molecule has 0 spiro atoms. The van der Waals surface area contributed by atoms with Crippen molar-refractivity contribution in [1.29, 1.82) is 0 Å². The lowest BCUT2D eigenvalue weighted by Crippen LogP contribution is -1.95. The van der Waals surface area contributed by atoms with Crippen LogP contribution in [0.1, 0.15) is 17.3 Å². The molecule has 0 saturated carbocycles. The Kier molecular flexibility index (Phi) is 3.81. The number of halogens is 1.